The van der Waals surface area contributed by atoms with Crippen LogP contribution in [-0.2, 0) is 0 Å². The largest absolute Gasteiger partial charge is 0.376 e. The molecule has 0 fully saturated rings. The van der Waals surface area contributed by atoms with Crippen LogP contribution in [0.3, 0.4) is 0 Å². The van der Waals surface area contributed by atoms with Gasteiger partial charge in [0, 0.05) is 10.5 Å². The van der Waals surface area contributed by atoms with E-state index in [2.05, 4.69) is 40.3 Å². The summed E-state index contributed by atoms with van der Waals surface area (Å²) in [5, 5.41) is 3.19. The van der Waals surface area contributed by atoms with Crippen LogP contribution in [0.2, 0.25) is 0 Å². The summed E-state index contributed by atoms with van der Waals surface area (Å²) in [5.41, 5.74) is 2.88. The minimum Gasteiger partial charge on any atom is -0.376 e. The van der Waals surface area contributed by atoms with E-state index >= 15 is 0 Å². The predicted molar refractivity (Wildman–Crippen MR) is 77.3 cm³/mol. The van der Waals surface area contributed by atoms with Crippen molar-refractivity contribution in [3.05, 3.63) is 63.9 Å². The zero-order chi connectivity index (χ0) is 13.1. The lowest BCUT2D eigenvalue weighted by atomic mass is 10.1. The monoisotopic (exact) mass is 307 g/mol. The number of aryl methyl sites for hydroxylation is 1. The second-order valence-electron chi connectivity index (χ2n) is 4.40. The molecule has 0 aliphatic heterocycles. The number of nitrogens with one attached hydrogen (secondary N) is 1. The molecular formula is C15H15BrFN. The second-order valence-corrected chi connectivity index (χ2v) is 5.32. The van der Waals surface area contributed by atoms with Crippen LogP contribution in [0.5, 0.6) is 0 Å². The van der Waals surface area contributed by atoms with E-state index in [9.17, 15) is 4.39 Å². The molecule has 0 spiro atoms. The third-order valence-electron chi connectivity index (χ3n) is 2.85. The first-order chi connectivity index (χ1) is 8.56. The summed E-state index contributed by atoms with van der Waals surface area (Å²) in [7, 11) is 0. The van der Waals surface area contributed by atoms with Gasteiger partial charge in [-0.2, -0.15) is 0 Å². The van der Waals surface area contributed by atoms with Crippen LogP contribution in [0.15, 0.2) is 46.9 Å². The first-order valence-electron chi connectivity index (χ1n) is 5.84. The van der Waals surface area contributed by atoms with Crippen molar-refractivity contribution in [3.63, 3.8) is 0 Å². The molecule has 0 saturated carbocycles. The fraction of sp³-hybridized carbons (Fsp3) is 0.200. The highest BCUT2D eigenvalue weighted by Crippen LogP contribution is 2.24. The van der Waals surface area contributed by atoms with Crippen molar-refractivity contribution in [1.29, 1.82) is 0 Å². The molecule has 0 aromatic heterocycles. The Morgan fingerprint density at radius 3 is 2.61 bits per heavy atom. The maximum absolute atomic E-state index is 13.7. The highest BCUT2D eigenvalue weighted by Gasteiger charge is 2.08. The number of benzene rings is 2. The van der Waals surface area contributed by atoms with E-state index in [0.717, 1.165) is 10.0 Å². The molecule has 1 nitrogen and oxygen atoms in total. The zero-order valence-electron chi connectivity index (χ0n) is 10.4. The van der Waals surface area contributed by atoms with E-state index in [0.29, 0.717) is 5.69 Å². The van der Waals surface area contributed by atoms with Gasteiger partial charge in [-0.15, -0.1) is 0 Å². The zero-order valence-corrected chi connectivity index (χ0v) is 12.0. The Labute approximate surface area is 115 Å². The van der Waals surface area contributed by atoms with E-state index in [-0.39, 0.29) is 11.9 Å². The average molecular weight is 308 g/mol. The summed E-state index contributed by atoms with van der Waals surface area (Å²) < 4.78 is 14.5. The lowest BCUT2D eigenvalue weighted by molar-refractivity contribution is 0.626. The summed E-state index contributed by atoms with van der Waals surface area (Å²) in [5.74, 6) is -0.246. The van der Waals surface area contributed by atoms with Gasteiger partial charge in [0.05, 0.1) is 5.69 Å². The van der Waals surface area contributed by atoms with E-state index < -0.39 is 0 Å². The van der Waals surface area contributed by atoms with Gasteiger partial charge in [-0.25, -0.2) is 4.39 Å². The summed E-state index contributed by atoms with van der Waals surface area (Å²) >= 11 is 3.25. The van der Waals surface area contributed by atoms with Crippen LogP contribution in [-0.4, -0.2) is 0 Å². The summed E-state index contributed by atoms with van der Waals surface area (Å²) in [6.45, 7) is 4.08. The van der Waals surface area contributed by atoms with Gasteiger partial charge in [0.25, 0.3) is 0 Å². The van der Waals surface area contributed by atoms with Crippen molar-refractivity contribution in [1.82, 2.24) is 0 Å². The maximum atomic E-state index is 13.7. The second kappa shape index (κ2) is 5.53. The third kappa shape index (κ3) is 3.10. The third-order valence-corrected chi connectivity index (χ3v) is 3.34. The van der Waals surface area contributed by atoms with Gasteiger partial charge in [0.1, 0.15) is 5.82 Å². The molecule has 1 N–H and O–H groups in total. The number of hydrogen-bond donors (Lipinski definition) is 1. The molecule has 0 aliphatic rings. The molecule has 2 rings (SSSR count). The Morgan fingerprint density at radius 1 is 1.17 bits per heavy atom. The Hall–Kier alpha value is -1.35. The quantitative estimate of drug-likeness (QED) is 0.834. The number of hydrogen-bond acceptors (Lipinski definition) is 1. The molecule has 0 saturated heterocycles. The number of rotatable bonds is 3. The van der Waals surface area contributed by atoms with E-state index in [1.54, 1.807) is 6.07 Å². The molecular weight excluding hydrogens is 293 g/mol. The van der Waals surface area contributed by atoms with E-state index in [4.69, 9.17) is 0 Å². The molecule has 2 aromatic carbocycles. The van der Waals surface area contributed by atoms with Crippen LogP contribution in [0, 0.1) is 12.7 Å². The standard InChI is InChI=1S/C15H15BrFN/c1-10-4-3-5-12(8-10)11(2)18-15-7-6-13(16)9-14(15)17/h3-9,11,18H,1-2H3. The van der Waals surface area contributed by atoms with Gasteiger partial charge in [-0.05, 0) is 37.6 Å². The Morgan fingerprint density at radius 2 is 1.94 bits per heavy atom. The van der Waals surface area contributed by atoms with Gasteiger partial charge in [0.2, 0.25) is 0 Å². The van der Waals surface area contributed by atoms with E-state index in [1.165, 1.54) is 11.6 Å². The first-order valence-corrected chi connectivity index (χ1v) is 6.64. The maximum Gasteiger partial charge on any atom is 0.147 e. The van der Waals surface area contributed by atoms with Crippen LogP contribution in [0.25, 0.3) is 0 Å². The average Bonchev–Trinajstić information content (AvgIpc) is 2.32. The van der Waals surface area contributed by atoms with Gasteiger partial charge >= 0.3 is 0 Å². The van der Waals surface area contributed by atoms with Crippen molar-refractivity contribution in [3.8, 4) is 0 Å². The fourth-order valence-corrected chi connectivity index (χ4v) is 2.20. The van der Waals surface area contributed by atoms with Gasteiger partial charge < -0.3 is 5.32 Å². The van der Waals surface area contributed by atoms with Gasteiger partial charge in [-0.1, -0.05) is 45.8 Å². The SMILES string of the molecule is Cc1cccc(C(C)Nc2ccc(Br)cc2F)c1. The van der Waals surface area contributed by atoms with Crippen molar-refractivity contribution in [2.75, 3.05) is 5.32 Å². The molecule has 0 heterocycles. The Balaban J connectivity index is 2.18. The lowest BCUT2D eigenvalue weighted by Gasteiger charge is -2.16. The fourth-order valence-electron chi connectivity index (χ4n) is 1.86. The summed E-state index contributed by atoms with van der Waals surface area (Å²) in [6, 6.07) is 13.3. The molecule has 0 amide bonds. The molecule has 94 valence electrons. The van der Waals surface area contributed by atoms with Crippen molar-refractivity contribution in [2.45, 2.75) is 19.9 Å². The molecule has 0 bridgehead atoms. The molecule has 0 aliphatic carbocycles. The molecule has 1 atom stereocenters. The first kappa shape index (κ1) is 13.1. The smallest absolute Gasteiger partial charge is 0.147 e. The van der Waals surface area contributed by atoms with Gasteiger partial charge in [-0.3, -0.25) is 0 Å². The summed E-state index contributed by atoms with van der Waals surface area (Å²) in [4.78, 5) is 0. The normalized spacial score (nSPS) is 12.2. The van der Waals surface area contributed by atoms with Crippen molar-refractivity contribution < 1.29 is 4.39 Å². The highest BCUT2D eigenvalue weighted by atomic mass is 79.9. The van der Waals surface area contributed by atoms with Crippen molar-refractivity contribution >= 4 is 21.6 Å². The topological polar surface area (TPSA) is 12.0 Å². The Kier molecular flexibility index (Phi) is 4.02. The lowest BCUT2D eigenvalue weighted by Crippen LogP contribution is -2.08. The number of halogens is 2. The molecule has 3 heteroatoms. The Bertz CT molecular complexity index is 554. The van der Waals surface area contributed by atoms with Crippen LogP contribution >= 0.6 is 15.9 Å². The minimum absolute atomic E-state index is 0.0700. The van der Waals surface area contributed by atoms with Gasteiger partial charge in [0.15, 0.2) is 0 Å². The minimum atomic E-state index is -0.246. The van der Waals surface area contributed by atoms with Crippen LogP contribution in [0.4, 0.5) is 10.1 Å². The van der Waals surface area contributed by atoms with Crippen LogP contribution < -0.4 is 5.32 Å². The van der Waals surface area contributed by atoms with Crippen molar-refractivity contribution in [2.24, 2.45) is 0 Å². The molecule has 2 aromatic rings. The molecule has 18 heavy (non-hydrogen) atoms. The summed E-state index contributed by atoms with van der Waals surface area (Å²) in [6.07, 6.45) is 0. The number of anilines is 1. The predicted octanol–water partition coefficient (Wildman–Crippen LogP) is 5.07. The molecule has 1 unspecified atom stereocenters. The highest BCUT2D eigenvalue weighted by molar-refractivity contribution is 9.10. The molecule has 0 radical (unpaired) electrons. The van der Waals surface area contributed by atoms with Crippen LogP contribution in [0.1, 0.15) is 24.1 Å². The van der Waals surface area contributed by atoms with E-state index in [1.807, 2.05) is 25.1 Å².